The van der Waals surface area contributed by atoms with E-state index in [-0.39, 0.29) is 17.6 Å². The lowest BCUT2D eigenvalue weighted by Gasteiger charge is -2.18. The molecule has 1 heterocycles. The van der Waals surface area contributed by atoms with Gasteiger partial charge in [-0.3, -0.25) is 9.59 Å². The van der Waals surface area contributed by atoms with Crippen LogP contribution >= 0.6 is 0 Å². The summed E-state index contributed by atoms with van der Waals surface area (Å²) in [6, 6.07) is 3.33. The maximum Gasteiger partial charge on any atom is 0.286 e. The van der Waals surface area contributed by atoms with Gasteiger partial charge in [-0.1, -0.05) is 0 Å². The Balaban J connectivity index is 2.28. The quantitative estimate of drug-likeness (QED) is 0.705. The summed E-state index contributed by atoms with van der Waals surface area (Å²) >= 11 is 0. The van der Waals surface area contributed by atoms with Crippen LogP contribution in [0, 0.1) is 0 Å². The van der Waals surface area contributed by atoms with E-state index in [9.17, 15) is 9.59 Å². The van der Waals surface area contributed by atoms with Crippen LogP contribution in [0.15, 0.2) is 16.5 Å². The second-order valence-corrected chi connectivity index (χ2v) is 4.62. The second-order valence-electron chi connectivity index (χ2n) is 4.62. The highest BCUT2D eigenvalue weighted by molar-refractivity contribution is 5.91. The van der Waals surface area contributed by atoms with Gasteiger partial charge in [-0.05, 0) is 32.4 Å². The predicted octanol–water partition coefficient (Wildman–Crippen LogP) is 1.80. The number of methoxy groups -OCH3 is 1. The molecule has 6 nitrogen and oxygen atoms in total. The van der Waals surface area contributed by atoms with Crippen LogP contribution < -0.4 is 5.32 Å². The number of ether oxygens (including phenoxy) is 1. The minimum absolute atomic E-state index is 0.120. The van der Waals surface area contributed by atoms with Crippen molar-refractivity contribution in [2.75, 3.05) is 26.7 Å². The zero-order chi connectivity index (χ0) is 15.7. The molecule has 1 aromatic heterocycles. The SMILES string of the molecule is CCN(CC)C(=O)CCCNC(=O)c1ccc(COC)o1. The zero-order valence-electron chi connectivity index (χ0n) is 13.0. The summed E-state index contributed by atoms with van der Waals surface area (Å²) in [5.41, 5.74) is 0. The van der Waals surface area contributed by atoms with Crippen molar-refractivity contribution >= 4 is 11.8 Å². The van der Waals surface area contributed by atoms with Gasteiger partial charge in [-0.2, -0.15) is 0 Å². The van der Waals surface area contributed by atoms with Gasteiger partial charge in [-0.15, -0.1) is 0 Å². The molecule has 0 saturated carbocycles. The van der Waals surface area contributed by atoms with Crippen molar-refractivity contribution in [2.45, 2.75) is 33.3 Å². The molecule has 0 fully saturated rings. The second kappa shape index (κ2) is 9.18. The Bertz CT molecular complexity index is 452. The molecule has 6 heteroatoms. The lowest BCUT2D eigenvalue weighted by molar-refractivity contribution is -0.130. The average molecular weight is 296 g/mol. The van der Waals surface area contributed by atoms with E-state index in [4.69, 9.17) is 9.15 Å². The van der Waals surface area contributed by atoms with Crippen molar-refractivity contribution in [1.29, 1.82) is 0 Å². The minimum atomic E-state index is -0.271. The fourth-order valence-electron chi connectivity index (χ4n) is 1.98. The van der Waals surface area contributed by atoms with Crippen LogP contribution in [0.4, 0.5) is 0 Å². The number of carbonyl (C=O) groups is 2. The maximum atomic E-state index is 11.8. The molecule has 0 saturated heterocycles. The first-order valence-corrected chi connectivity index (χ1v) is 7.26. The van der Waals surface area contributed by atoms with Gasteiger partial charge in [0, 0.05) is 33.2 Å². The molecule has 1 N–H and O–H groups in total. The van der Waals surface area contributed by atoms with Crippen molar-refractivity contribution in [3.63, 3.8) is 0 Å². The standard InChI is InChI=1S/C15H24N2O4/c1-4-17(5-2)14(18)7-6-10-16-15(19)13-9-8-12(21-13)11-20-3/h8-9H,4-7,10-11H2,1-3H3,(H,16,19). The van der Waals surface area contributed by atoms with Crippen LogP contribution in [0.2, 0.25) is 0 Å². The number of nitrogens with zero attached hydrogens (tertiary/aromatic N) is 1. The lowest BCUT2D eigenvalue weighted by Crippen LogP contribution is -2.31. The van der Waals surface area contributed by atoms with E-state index < -0.39 is 0 Å². The van der Waals surface area contributed by atoms with Gasteiger partial charge >= 0.3 is 0 Å². The van der Waals surface area contributed by atoms with E-state index in [0.717, 1.165) is 13.1 Å². The molecule has 1 rings (SSSR count). The fraction of sp³-hybridized carbons (Fsp3) is 0.600. The van der Waals surface area contributed by atoms with Crippen LogP contribution in [0.5, 0.6) is 0 Å². The smallest absolute Gasteiger partial charge is 0.286 e. The first-order chi connectivity index (χ1) is 10.1. The largest absolute Gasteiger partial charge is 0.453 e. The third-order valence-corrected chi connectivity index (χ3v) is 3.14. The number of hydrogen-bond acceptors (Lipinski definition) is 4. The molecule has 0 aliphatic rings. The Morgan fingerprint density at radius 2 is 2.00 bits per heavy atom. The number of nitrogens with one attached hydrogen (secondary N) is 1. The summed E-state index contributed by atoms with van der Waals surface area (Å²) in [7, 11) is 1.56. The summed E-state index contributed by atoms with van der Waals surface area (Å²) in [5.74, 6) is 0.721. The Hall–Kier alpha value is -1.82. The highest BCUT2D eigenvalue weighted by Crippen LogP contribution is 2.08. The van der Waals surface area contributed by atoms with Crippen LogP contribution in [0.3, 0.4) is 0 Å². The number of hydrogen-bond donors (Lipinski definition) is 1. The summed E-state index contributed by atoms with van der Waals surface area (Å²) < 4.78 is 10.2. The van der Waals surface area contributed by atoms with Crippen molar-refractivity contribution in [3.05, 3.63) is 23.7 Å². The average Bonchev–Trinajstić information content (AvgIpc) is 2.94. The van der Waals surface area contributed by atoms with Gasteiger partial charge < -0.3 is 19.4 Å². The van der Waals surface area contributed by atoms with Crippen molar-refractivity contribution < 1.29 is 18.7 Å². The van der Waals surface area contributed by atoms with E-state index in [2.05, 4.69) is 5.32 Å². The maximum absolute atomic E-state index is 11.8. The molecule has 0 aliphatic carbocycles. The summed E-state index contributed by atoms with van der Waals surface area (Å²) in [4.78, 5) is 25.4. The van der Waals surface area contributed by atoms with E-state index in [1.807, 2.05) is 13.8 Å². The van der Waals surface area contributed by atoms with Crippen LogP contribution in [0.25, 0.3) is 0 Å². The molecule has 0 aromatic carbocycles. The van der Waals surface area contributed by atoms with Gasteiger partial charge in [0.15, 0.2) is 5.76 Å². The zero-order valence-corrected chi connectivity index (χ0v) is 13.0. The number of rotatable bonds is 9. The predicted molar refractivity (Wildman–Crippen MR) is 78.9 cm³/mol. The minimum Gasteiger partial charge on any atom is -0.453 e. The molecular weight excluding hydrogens is 272 g/mol. The van der Waals surface area contributed by atoms with E-state index in [1.165, 1.54) is 0 Å². The number of carbonyl (C=O) groups excluding carboxylic acids is 2. The Morgan fingerprint density at radius 3 is 2.62 bits per heavy atom. The van der Waals surface area contributed by atoms with Crippen molar-refractivity contribution in [1.82, 2.24) is 10.2 Å². The fourth-order valence-corrected chi connectivity index (χ4v) is 1.98. The topological polar surface area (TPSA) is 71.8 Å². The summed E-state index contributed by atoms with van der Waals surface area (Å²) in [6.45, 7) is 6.14. The lowest BCUT2D eigenvalue weighted by atomic mass is 10.2. The molecule has 0 aliphatic heterocycles. The van der Waals surface area contributed by atoms with Gasteiger partial charge in [0.05, 0.1) is 0 Å². The summed E-state index contributed by atoms with van der Waals surface area (Å²) in [6.07, 6.45) is 1.06. The van der Waals surface area contributed by atoms with Crippen LogP contribution in [-0.4, -0.2) is 43.5 Å². The molecule has 0 atom stereocenters. The molecule has 118 valence electrons. The molecule has 0 unspecified atom stereocenters. The van der Waals surface area contributed by atoms with Gasteiger partial charge in [0.25, 0.3) is 5.91 Å². The molecule has 2 amide bonds. The Kier molecular flexibility index (Phi) is 7.53. The first-order valence-electron chi connectivity index (χ1n) is 7.26. The normalized spacial score (nSPS) is 10.4. The molecule has 1 aromatic rings. The third-order valence-electron chi connectivity index (χ3n) is 3.14. The van der Waals surface area contributed by atoms with E-state index >= 15 is 0 Å². The Labute approximate surface area is 125 Å². The Morgan fingerprint density at radius 1 is 1.29 bits per heavy atom. The monoisotopic (exact) mass is 296 g/mol. The molecule has 0 radical (unpaired) electrons. The van der Waals surface area contributed by atoms with Crippen molar-refractivity contribution in [2.24, 2.45) is 0 Å². The number of amides is 2. The molecule has 0 bridgehead atoms. The molecule has 21 heavy (non-hydrogen) atoms. The van der Waals surface area contributed by atoms with Crippen LogP contribution in [-0.2, 0) is 16.1 Å². The van der Waals surface area contributed by atoms with Gasteiger partial charge in [0.1, 0.15) is 12.4 Å². The summed E-state index contributed by atoms with van der Waals surface area (Å²) in [5, 5.41) is 2.74. The number of furan rings is 1. The van der Waals surface area contributed by atoms with Crippen molar-refractivity contribution in [3.8, 4) is 0 Å². The van der Waals surface area contributed by atoms with Gasteiger partial charge in [-0.25, -0.2) is 0 Å². The van der Waals surface area contributed by atoms with E-state index in [1.54, 1.807) is 24.1 Å². The highest BCUT2D eigenvalue weighted by atomic mass is 16.5. The van der Waals surface area contributed by atoms with E-state index in [0.29, 0.717) is 31.8 Å². The van der Waals surface area contributed by atoms with Gasteiger partial charge in [0.2, 0.25) is 5.91 Å². The third kappa shape index (κ3) is 5.59. The van der Waals surface area contributed by atoms with Crippen LogP contribution in [0.1, 0.15) is 43.0 Å². The first kappa shape index (κ1) is 17.2. The molecular formula is C15H24N2O4. The highest BCUT2D eigenvalue weighted by Gasteiger charge is 2.12. The molecule has 0 spiro atoms.